The summed E-state index contributed by atoms with van der Waals surface area (Å²) in [6.45, 7) is 7.63. The summed E-state index contributed by atoms with van der Waals surface area (Å²) in [5.41, 5.74) is 0. The normalized spacial score (nSPS) is 7.29. The molecule has 14 heavy (non-hydrogen) atoms. The van der Waals surface area contributed by atoms with Gasteiger partial charge in [-0.2, -0.15) is 0 Å². The molecule has 0 heterocycles. The van der Waals surface area contributed by atoms with Crippen LogP contribution in [0.25, 0.3) is 0 Å². The molecule has 0 aliphatic rings. The maximum Gasteiger partial charge on any atom is 2.00 e. The van der Waals surface area contributed by atoms with E-state index in [4.69, 9.17) is 10.2 Å². The summed E-state index contributed by atoms with van der Waals surface area (Å²) >= 11 is 0. The van der Waals surface area contributed by atoms with Gasteiger partial charge in [-0.1, -0.05) is 59.8 Å². The molecule has 0 aromatic carbocycles. The monoisotopic (exact) mass is 214 g/mol. The molecule has 0 aromatic heterocycles. The van der Waals surface area contributed by atoms with E-state index in [0.717, 1.165) is 0 Å². The van der Waals surface area contributed by atoms with Crippen molar-refractivity contribution in [2.75, 3.05) is 13.2 Å². The van der Waals surface area contributed by atoms with Gasteiger partial charge in [0.2, 0.25) is 0 Å². The summed E-state index contributed by atoms with van der Waals surface area (Å²) < 4.78 is 0. The van der Waals surface area contributed by atoms with E-state index in [1.807, 2.05) is 0 Å². The van der Waals surface area contributed by atoms with E-state index in [1.165, 1.54) is 32.1 Å². The summed E-state index contributed by atoms with van der Waals surface area (Å²) in [7, 11) is 0. The van der Waals surface area contributed by atoms with Crippen molar-refractivity contribution in [3.63, 3.8) is 0 Å². The average molecular weight is 215 g/mol. The van der Waals surface area contributed by atoms with E-state index in [9.17, 15) is 0 Å². The Hall–Kier alpha value is 0.686. The van der Waals surface area contributed by atoms with E-state index < -0.39 is 0 Å². The van der Waals surface area contributed by atoms with E-state index in [0.29, 0.717) is 0 Å². The van der Waals surface area contributed by atoms with Crippen molar-refractivity contribution in [3.05, 3.63) is 0 Å². The van der Waals surface area contributed by atoms with Crippen molar-refractivity contribution in [1.82, 2.24) is 0 Å². The van der Waals surface area contributed by atoms with Crippen molar-refractivity contribution in [2.45, 2.75) is 59.8 Å². The molecule has 0 saturated carbocycles. The van der Waals surface area contributed by atoms with Crippen LogP contribution in [0.3, 0.4) is 0 Å². The Morgan fingerprint density at radius 3 is 1.00 bits per heavy atom. The van der Waals surface area contributed by atoms with Gasteiger partial charge in [-0.05, 0) is 0 Å². The first-order valence-electron chi connectivity index (χ1n) is 5.41. The average Bonchev–Trinajstić information content (AvgIpc) is 2.08. The molecule has 0 bridgehead atoms. The molecule has 0 aliphatic carbocycles. The second-order valence-electron chi connectivity index (χ2n) is 2.64. The Kier molecular flexibility index (Phi) is 64.2. The first-order chi connectivity index (χ1) is 6.24. The summed E-state index contributed by atoms with van der Waals surface area (Å²) in [5.74, 6) is 0. The molecule has 3 heteroatoms. The van der Waals surface area contributed by atoms with Gasteiger partial charge in [0.1, 0.15) is 0 Å². The first kappa shape index (κ1) is 24.1. The zero-order chi connectivity index (χ0) is 10.9. The number of hydrogen-bond acceptors (Lipinski definition) is 2. The van der Waals surface area contributed by atoms with Crippen LogP contribution in [-0.4, -0.2) is 36.3 Å². The maximum absolute atomic E-state index is 8.93. The van der Waals surface area contributed by atoms with Crippen molar-refractivity contribution in [3.8, 4) is 0 Å². The van der Waals surface area contributed by atoms with Gasteiger partial charge in [0, 0.05) is 0 Å². The summed E-state index contributed by atoms with van der Waals surface area (Å²) in [5, 5.41) is 17.9. The standard InChI is InChI=1S/C7H16.2C2H5O.Mg/c1-3-5-7-6-4-2;2*1-2-3;/h3-7H2,1-2H3;2*2H2,1H3;/q;2*-1;+2. The van der Waals surface area contributed by atoms with Gasteiger partial charge in [-0.25, -0.2) is 0 Å². The quantitative estimate of drug-likeness (QED) is 0.524. The number of rotatable bonds is 4. The predicted octanol–water partition coefficient (Wildman–Crippen LogP) is 1.33. The molecule has 84 valence electrons. The van der Waals surface area contributed by atoms with Gasteiger partial charge in [0.15, 0.2) is 0 Å². The Bertz CT molecular complexity index is 46.6. The van der Waals surface area contributed by atoms with Crippen molar-refractivity contribution in [1.29, 1.82) is 0 Å². The van der Waals surface area contributed by atoms with Crippen LogP contribution < -0.4 is 10.2 Å². The minimum atomic E-state index is 0. The third-order valence-corrected chi connectivity index (χ3v) is 1.21. The van der Waals surface area contributed by atoms with Crippen LogP contribution in [-0.2, 0) is 0 Å². The fourth-order valence-electron chi connectivity index (χ4n) is 0.677. The van der Waals surface area contributed by atoms with Gasteiger partial charge in [0.25, 0.3) is 0 Å². The van der Waals surface area contributed by atoms with Crippen molar-refractivity contribution < 1.29 is 10.2 Å². The summed E-state index contributed by atoms with van der Waals surface area (Å²) in [6, 6.07) is 0. The van der Waals surface area contributed by atoms with E-state index in [-0.39, 0.29) is 36.3 Å². The van der Waals surface area contributed by atoms with E-state index in [2.05, 4.69) is 13.8 Å². The third kappa shape index (κ3) is 78.9. The Labute approximate surface area is 106 Å². The largest absolute Gasteiger partial charge is 2.00 e. The number of unbranched alkanes of at least 4 members (excludes halogenated alkanes) is 4. The maximum atomic E-state index is 8.93. The molecule has 0 aromatic rings. The minimum Gasteiger partial charge on any atom is -0.855 e. The SMILES string of the molecule is CCCCCCC.CC[O-].CC[O-].[Mg+2]. The van der Waals surface area contributed by atoms with Crippen molar-refractivity contribution >= 4 is 23.1 Å². The van der Waals surface area contributed by atoms with Crippen molar-refractivity contribution in [2.24, 2.45) is 0 Å². The van der Waals surface area contributed by atoms with Crippen LogP contribution in [0.15, 0.2) is 0 Å². The van der Waals surface area contributed by atoms with Gasteiger partial charge in [0.05, 0.1) is 0 Å². The smallest absolute Gasteiger partial charge is 0.855 e. The van der Waals surface area contributed by atoms with Gasteiger partial charge in [-0.15, -0.1) is 13.2 Å². The van der Waals surface area contributed by atoms with Crippen LogP contribution in [0.5, 0.6) is 0 Å². The van der Waals surface area contributed by atoms with Crippen LogP contribution in [0.4, 0.5) is 0 Å². The van der Waals surface area contributed by atoms with E-state index >= 15 is 0 Å². The zero-order valence-electron chi connectivity index (χ0n) is 10.5. The predicted molar refractivity (Wildman–Crippen MR) is 61.3 cm³/mol. The second-order valence-corrected chi connectivity index (χ2v) is 2.64. The van der Waals surface area contributed by atoms with Crippen LogP contribution in [0.2, 0.25) is 0 Å². The molecular formula is C11H26MgO2. The van der Waals surface area contributed by atoms with Crippen LogP contribution in [0.1, 0.15) is 59.8 Å². The molecule has 0 rings (SSSR count). The summed E-state index contributed by atoms with van der Waals surface area (Å²) in [4.78, 5) is 0. The number of hydrogen-bond donors (Lipinski definition) is 0. The molecule has 0 unspecified atom stereocenters. The molecule has 0 N–H and O–H groups in total. The molecule has 0 atom stereocenters. The first-order valence-corrected chi connectivity index (χ1v) is 5.41. The van der Waals surface area contributed by atoms with Gasteiger partial charge >= 0.3 is 23.1 Å². The molecule has 2 nitrogen and oxygen atoms in total. The molecular weight excluding hydrogens is 188 g/mol. The molecule has 0 spiro atoms. The molecule has 0 fully saturated rings. The summed E-state index contributed by atoms with van der Waals surface area (Å²) in [6.07, 6.45) is 7.01. The zero-order valence-corrected chi connectivity index (χ0v) is 11.9. The fraction of sp³-hybridized carbons (Fsp3) is 1.00. The topological polar surface area (TPSA) is 46.1 Å². The molecule has 0 amide bonds. The van der Waals surface area contributed by atoms with Crippen LogP contribution in [0, 0.1) is 0 Å². The molecule has 0 aliphatic heterocycles. The van der Waals surface area contributed by atoms with Gasteiger partial charge < -0.3 is 10.2 Å². The Balaban J connectivity index is -0.0000000610. The van der Waals surface area contributed by atoms with E-state index in [1.54, 1.807) is 13.8 Å². The Morgan fingerprint density at radius 1 is 0.643 bits per heavy atom. The minimum absolute atomic E-state index is 0. The molecule has 0 saturated heterocycles. The molecule has 0 radical (unpaired) electrons. The van der Waals surface area contributed by atoms with Gasteiger partial charge in [-0.3, -0.25) is 0 Å². The second kappa shape index (κ2) is 37.3. The Morgan fingerprint density at radius 2 is 0.857 bits per heavy atom. The fourth-order valence-corrected chi connectivity index (χ4v) is 0.677. The van der Waals surface area contributed by atoms with Crippen LogP contribution >= 0.6 is 0 Å². The third-order valence-electron chi connectivity index (χ3n) is 1.21.